The van der Waals surface area contributed by atoms with Crippen LogP contribution in [0.15, 0.2) is 55.1 Å². The molecule has 1 aromatic heterocycles. The molecule has 7 heteroatoms. The Morgan fingerprint density at radius 3 is 2.92 bits per heavy atom. The predicted octanol–water partition coefficient (Wildman–Crippen LogP) is 2.63. The molecule has 132 valence electrons. The first-order valence-corrected chi connectivity index (χ1v) is 8.36. The van der Waals surface area contributed by atoms with Crippen LogP contribution in [-0.4, -0.2) is 27.5 Å². The van der Waals surface area contributed by atoms with Gasteiger partial charge in [-0.2, -0.15) is 5.10 Å². The molecule has 2 aromatic carbocycles. The molecule has 4 rings (SSSR count). The van der Waals surface area contributed by atoms with Crippen LogP contribution in [0.3, 0.4) is 0 Å². The Labute approximate surface area is 150 Å². The van der Waals surface area contributed by atoms with Crippen LogP contribution in [0.1, 0.15) is 17.5 Å². The second kappa shape index (κ2) is 7.26. The molecule has 7 nitrogen and oxygen atoms in total. The van der Waals surface area contributed by atoms with Crippen molar-refractivity contribution in [2.24, 2.45) is 0 Å². The molecule has 0 atom stereocenters. The third-order valence-electron chi connectivity index (χ3n) is 4.10. The van der Waals surface area contributed by atoms with Crippen LogP contribution >= 0.6 is 0 Å². The van der Waals surface area contributed by atoms with Gasteiger partial charge in [0.25, 0.3) is 0 Å². The van der Waals surface area contributed by atoms with E-state index < -0.39 is 0 Å². The Kier molecular flexibility index (Phi) is 4.51. The van der Waals surface area contributed by atoms with E-state index in [0.717, 1.165) is 28.3 Å². The Balaban J connectivity index is 1.33. The van der Waals surface area contributed by atoms with E-state index in [2.05, 4.69) is 15.4 Å². The van der Waals surface area contributed by atoms with Gasteiger partial charge in [0.15, 0.2) is 11.5 Å². The highest BCUT2D eigenvalue weighted by Gasteiger charge is 2.13. The second-order valence-electron chi connectivity index (χ2n) is 6.03. The number of aryl methyl sites for hydroxylation is 1. The van der Waals surface area contributed by atoms with Gasteiger partial charge in [0.2, 0.25) is 12.7 Å². The molecule has 3 aromatic rings. The van der Waals surface area contributed by atoms with Crippen LogP contribution in [0, 0.1) is 0 Å². The SMILES string of the molecule is O=C(CCc1ccc2c(c1)OCO2)Nc1cccc(Cn2cncn2)c1. The summed E-state index contributed by atoms with van der Waals surface area (Å²) in [7, 11) is 0. The summed E-state index contributed by atoms with van der Waals surface area (Å²) in [6.07, 6.45) is 4.20. The fourth-order valence-electron chi connectivity index (χ4n) is 2.83. The highest BCUT2D eigenvalue weighted by molar-refractivity contribution is 5.90. The normalized spacial score (nSPS) is 12.2. The number of carbonyl (C=O) groups excluding carboxylic acids is 1. The monoisotopic (exact) mass is 350 g/mol. The van der Waals surface area contributed by atoms with E-state index in [1.54, 1.807) is 11.0 Å². The van der Waals surface area contributed by atoms with E-state index in [-0.39, 0.29) is 12.7 Å². The molecule has 0 aliphatic carbocycles. The number of anilines is 1. The summed E-state index contributed by atoms with van der Waals surface area (Å²) in [5.41, 5.74) is 2.87. The van der Waals surface area contributed by atoms with Gasteiger partial charge in [-0.25, -0.2) is 9.67 Å². The number of rotatable bonds is 6. The standard InChI is InChI=1S/C19H18N4O3/c24-19(7-5-14-4-6-17-18(9-14)26-13-25-17)22-16-3-1-2-15(8-16)10-23-12-20-11-21-23/h1-4,6,8-9,11-12H,5,7,10,13H2,(H,22,24). The van der Waals surface area contributed by atoms with Crippen molar-refractivity contribution in [3.63, 3.8) is 0 Å². The number of nitrogens with zero attached hydrogens (tertiary/aromatic N) is 3. The molecule has 0 fully saturated rings. The first-order valence-electron chi connectivity index (χ1n) is 8.36. The van der Waals surface area contributed by atoms with Gasteiger partial charge in [-0.15, -0.1) is 0 Å². The first-order chi connectivity index (χ1) is 12.8. The van der Waals surface area contributed by atoms with Gasteiger partial charge in [-0.1, -0.05) is 18.2 Å². The third-order valence-corrected chi connectivity index (χ3v) is 4.10. The molecule has 1 N–H and O–H groups in total. The van der Waals surface area contributed by atoms with Crippen LogP contribution in [-0.2, 0) is 17.8 Å². The first kappa shape index (κ1) is 16.1. The molecule has 1 amide bonds. The zero-order valence-corrected chi connectivity index (χ0v) is 14.1. The summed E-state index contributed by atoms with van der Waals surface area (Å²) in [6.45, 7) is 0.866. The molecule has 1 aliphatic heterocycles. The lowest BCUT2D eigenvalue weighted by atomic mass is 10.1. The number of nitrogens with one attached hydrogen (secondary N) is 1. The van der Waals surface area contributed by atoms with Crippen molar-refractivity contribution in [1.82, 2.24) is 14.8 Å². The van der Waals surface area contributed by atoms with E-state index in [0.29, 0.717) is 19.4 Å². The van der Waals surface area contributed by atoms with Crippen LogP contribution in [0.25, 0.3) is 0 Å². The molecule has 0 unspecified atom stereocenters. The maximum atomic E-state index is 12.3. The van der Waals surface area contributed by atoms with Gasteiger partial charge in [0.05, 0.1) is 6.54 Å². The zero-order valence-electron chi connectivity index (χ0n) is 14.1. The Bertz CT molecular complexity index is 909. The zero-order chi connectivity index (χ0) is 17.8. The molecule has 1 aliphatic rings. The number of hydrogen-bond acceptors (Lipinski definition) is 5. The minimum absolute atomic E-state index is 0.0272. The van der Waals surface area contributed by atoms with E-state index >= 15 is 0 Å². The number of aromatic nitrogens is 3. The molecule has 0 spiro atoms. The second-order valence-corrected chi connectivity index (χ2v) is 6.03. The van der Waals surface area contributed by atoms with Crippen molar-refractivity contribution in [3.8, 4) is 11.5 Å². The summed E-state index contributed by atoms with van der Waals surface area (Å²) in [6, 6.07) is 13.5. The Morgan fingerprint density at radius 2 is 2.04 bits per heavy atom. The topological polar surface area (TPSA) is 78.3 Å². The molecule has 2 heterocycles. The fourth-order valence-corrected chi connectivity index (χ4v) is 2.83. The number of ether oxygens (including phenoxy) is 2. The van der Waals surface area contributed by atoms with Crippen molar-refractivity contribution in [3.05, 3.63) is 66.2 Å². The number of benzene rings is 2. The lowest BCUT2D eigenvalue weighted by molar-refractivity contribution is -0.116. The number of fused-ring (bicyclic) bond motifs is 1. The highest BCUT2D eigenvalue weighted by Crippen LogP contribution is 2.32. The largest absolute Gasteiger partial charge is 0.454 e. The molecule has 0 saturated carbocycles. The Morgan fingerprint density at radius 1 is 1.12 bits per heavy atom. The van der Waals surface area contributed by atoms with Crippen LogP contribution in [0.5, 0.6) is 11.5 Å². The van der Waals surface area contributed by atoms with Gasteiger partial charge in [-0.05, 0) is 41.8 Å². The van der Waals surface area contributed by atoms with Gasteiger partial charge in [-0.3, -0.25) is 4.79 Å². The summed E-state index contributed by atoms with van der Waals surface area (Å²) < 4.78 is 12.4. The number of hydrogen-bond donors (Lipinski definition) is 1. The van der Waals surface area contributed by atoms with E-state index in [9.17, 15) is 4.79 Å². The van der Waals surface area contributed by atoms with E-state index in [1.165, 1.54) is 6.33 Å². The lowest BCUT2D eigenvalue weighted by Crippen LogP contribution is -2.12. The van der Waals surface area contributed by atoms with Crippen LogP contribution in [0.4, 0.5) is 5.69 Å². The van der Waals surface area contributed by atoms with Gasteiger partial charge in [0.1, 0.15) is 12.7 Å². The van der Waals surface area contributed by atoms with Crippen molar-refractivity contribution in [2.45, 2.75) is 19.4 Å². The van der Waals surface area contributed by atoms with Crippen molar-refractivity contribution < 1.29 is 14.3 Å². The minimum Gasteiger partial charge on any atom is -0.454 e. The highest BCUT2D eigenvalue weighted by atomic mass is 16.7. The molecular weight excluding hydrogens is 332 g/mol. The quantitative estimate of drug-likeness (QED) is 0.739. The molecule has 0 radical (unpaired) electrons. The summed E-state index contributed by atoms with van der Waals surface area (Å²) in [4.78, 5) is 16.2. The minimum atomic E-state index is -0.0272. The van der Waals surface area contributed by atoms with Crippen LogP contribution in [0.2, 0.25) is 0 Å². The van der Waals surface area contributed by atoms with Gasteiger partial charge >= 0.3 is 0 Å². The average Bonchev–Trinajstić information content (AvgIpc) is 3.31. The smallest absolute Gasteiger partial charge is 0.231 e. The van der Waals surface area contributed by atoms with Crippen molar-refractivity contribution >= 4 is 11.6 Å². The molecule has 26 heavy (non-hydrogen) atoms. The van der Waals surface area contributed by atoms with Crippen molar-refractivity contribution in [2.75, 3.05) is 12.1 Å². The third kappa shape index (κ3) is 3.83. The molecule has 0 saturated heterocycles. The van der Waals surface area contributed by atoms with Gasteiger partial charge in [0, 0.05) is 12.1 Å². The van der Waals surface area contributed by atoms with E-state index in [1.807, 2.05) is 42.5 Å². The maximum absolute atomic E-state index is 12.3. The van der Waals surface area contributed by atoms with Gasteiger partial charge < -0.3 is 14.8 Å². The summed E-state index contributed by atoms with van der Waals surface area (Å²) >= 11 is 0. The van der Waals surface area contributed by atoms with Crippen LogP contribution < -0.4 is 14.8 Å². The molecule has 0 bridgehead atoms. The summed E-state index contributed by atoms with van der Waals surface area (Å²) in [5.74, 6) is 1.46. The number of amides is 1. The molecular formula is C19H18N4O3. The predicted molar refractivity (Wildman–Crippen MR) is 95.1 cm³/mol. The average molecular weight is 350 g/mol. The summed E-state index contributed by atoms with van der Waals surface area (Å²) in [5, 5.41) is 7.03. The van der Waals surface area contributed by atoms with E-state index in [4.69, 9.17) is 9.47 Å². The number of carbonyl (C=O) groups is 1. The maximum Gasteiger partial charge on any atom is 0.231 e. The van der Waals surface area contributed by atoms with Crippen molar-refractivity contribution in [1.29, 1.82) is 0 Å². The lowest BCUT2D eigenvalue weighted by Gasteiger charge is -2.08. The Hall–Kier alpha value is -3.35. The fraction of sp³-hybridized carbons (Fsp3) is 0.211.